The van der Waals surface area contributed by atoms with Crippen LogP contribution in [0.3, 0.4) is 0 Å². The van der Waals surface area contributed by atoms with Crippen molar-refractivity contribution < 1.29 is 4.74 Å². The van der Waals surface area contributed by atoms with Crippen molar-refractivity contribution in [2.45, 2.75) is 63.8 Å². The molecular formula is C12H22N2OS. The molecule has 16 heavy (non-hydrogen) atoms. The Morgan fingerprint density at radius 3 is 2.44 bits per heavy atom. The second-order valence-corrected chi connectivity index (χ2v) is 5.77. The minimum absolute atomic E-state index is 0.0157. The lowest BCUT2D eigenvalue weighted by Crippen LogP contribution is -2.52. The fourth-order valence-electron chi connectivity index (χ4n) is 3.07. The van der Waals surface area contributed by atoms with Gasteiger partial charge in [-0.1, -0.05) is 19.3 Å². The molecule has 0 bridgehead atoms. The molecule has 0 radical (unpaired) electrons. The lowest BCUT2D eigenvalue weighted by Gasteiger charge is -2.41. The molecule has 1 aliphatic carbocycles. The quantitative estimate of drug-likeness (QED) is 0.751. The zero-order valence-electron chi connectivity index (χ0n) is 10.5. The number of thiocarbonyl (C=S) groups is 1. The lowest BCUT2D eigenvalue weighted by atomic mass is 9.91. The third-order valence-corrected chi connectivity index (χ3v) is 4.23. The molecule has 0 aromatic rings. The van der Waals surface area contributed by atoms with Gasteiger partial charge in [0.25, 0.3) is 0 Å². The van der Waals surface area contributed by atoms with Crippen LogP contribution in [0.25, 0.3) is 0 Å². The van der Waals surface area contributed by atoms with Crippen LogP contribution in [0.2, 0.25) is 0 Å². The summed E-state index contributed by atoms with van der Waals surface area (Å²) >= 11 is 5.45. The molecule has 1 saturated heterocycles. The molecule has 4 heteroatoms. The van der Waals surface area contributed by atoms with Crippen LogP contribution in [-0.4, -0.2) is 34.9 Å². The topological polar surface area (TPSA) is 24.5 Å². The average Bonchev–Trinajstić information content (AvgIpc) is 2.49. The highest BCUT2D eigenvalue weighted by atomic mass is 32.1. The summed E-state index contributed by atoms with van der Waals surface area (Å²) in [6.07, 6.45) is 6.58. The highest BCUT2D eigenvalue weighted by Gasteiger charge is 2.47. The van der Waals surface area contributed by atoms with Crippen molar-refractivity contribution in [1.82, 2.24) is 10.2 Å². The van der Waals surface area contributed by atoms with E-state index in [-0.39, 0.29) is 11.8 Å². The third kappa shape index (κ3) is 1.93. The number of rotatable bonds is 2. The molecular weight excluding hydrogens is 220 g/mol. The van der Waals surface area contributed by atoms with Crippen molar-refractivity contribution in [1.29, 1.82) is 0 Å². The van der Waals surface area contributed by atoms with E-state index in [1.54, 1.807) is 7.11 Å². The zero-order valence-corrected chi connectivity index (χ0v) is 11.3. The normalized spacial score (nSPS) is 30.6. The summed E-state index contributed by atoms with van der Waals surface area (Å²) in [7, 11) is 1.74. The van der Waals surface area contributed by atoms with Gasteiger partial charge in [0.05, 0.1) is 5.54 Å². The summed E-state index contributed by atoms with van der Waals surface area (Å²) in [5.74, 6) is 0. The van der Waals surface area contributed by atoms with Crippen molar-refractivity contribution in [3.63, 3.8) is 0 Å². The van der Waals surface area contributed by atoms with Crippen molar-refractivity contribution in [2.24, 2.45) is 0 Å². The number of hydrogen-bond acceptors (Lipinski definition) is 2. The van der Waals surface area contributed by atoms with Crippen LogP contribution in [-0.2, 0) is 4.74 Å². The SMILES string of the molecule is COC1NC(=S)N(C2CCCCC2)C1(C)C. The summed E-state index contributed by atoms with van der Waals surface area (Å²) in [6, 6.07) is 0.601. The predicted molar refractivity (Wildman–Crippen MR) is 69.3 cm³/mol. The second kappa shape index (κ2) is 4.49. The fraction of sp³-hybridized carbons (Fsp3) is 0.917. The summed E-state index contributed by atoms with van der Waals surface area (Å²) in [5, 5.41) is 4.14. The molecule has 1 heterocycles. The van der Waals surface area contributed by atoms with Gasteiger partial charge < -0.3 is 15.0 Å². The summed E-state index contributed by atoms with van der Waals surface area (Å²) < 4.78 is 5.48. The standard InChI is InChI=1S/C12H22N2OS/c1-12(2)10(15-3)13-11(16)14(12)9-7-5-4-6-8-9/h9-10H,4-8H2,1-3H3,(H,13,16). The Morgan fingerprint density at radius 1 is 1.31 bits per heavy atom. The van der Waals surface area contributed by atoms with E-state index in [0.717, 1.165) is 5.11 Å². The number of methoxy groups -OCH3 is 1. The first kappa shape index (κ1) is 12.1. The van der Waals surface area contributed by atoms with Crippen LogP contribution in [0.4, 0.5) is 0 Å². The molecule has 3 nitrogen and oxygen atoms in total. The van der Waals surface area contributed by atoms with E-state index in [1.165, 1.54) is 32.1 Å². The van der Waals surface area contributed by atoms with Gasteiger partial charge >= 0.3 is 0 Å². The molecule has 1 aliphatic heterocycles. The number of nitrogens with zero attached hydrogens (tertiary/aromatic N) is 1. The van der Waals surface area contributed by atoms with E-state index in [2.05, 4.69) is 24.1 Å². The molecule has 92 valence electrons. The Morgan fingerprint density at radius 2 is 1.94 bits per heavy atom. The first-order valence-electron chi connectivity index (χ1n) is 6.20. The Hall–Kier alpha value is -0.350. The van der Waals surface area contributed by atoms with E-state index in [1.807, 2.05) is 0 Å². The summed E-state index contributed by atoms with van der Waals surface area (Å²) in [5.41, 5.74) is -0.0339. The van der Waals surface area contributed by atoms with Gasteiger partial charge in [-0.15, -0.1) is 0 Å². The van der Waals surface area contributed by atoms with Gasteiger partial charge in [0, 0.05) is 13.2 Å². The van der Waals surface area contributed by atoms with E-state index in [4.69, 9.17) is 17.0 Å². The maximum atomic E-state index is 5.48. The maximum Gasteiger partial charge on any atom is 0.171 e. The predicted octanol–water partition coefficient (Wildman–Crippen LogP) is 2.26. The first-order chi connectivity index (χ1) is 7.57. The molecule has 1 N–H and O–H groups in total. The third-order valence-electron chi connectivity index (χ3n) is 3.91. The van der Waals surface area contributed by atoms with Crippen LogP contribution >= 0.6 is 12.2 Å². The molecule has 1 unspecified atom stereocenters. The minimum Gasteiger partial charge on any atom is -0.359 e. The Bertz CT molecular complexity index is 274. The summed E-state index contributed by atoms with van der Waals surface area (Å²) in [6.45, 7) is 4.42. The van der Waals surface area contributed by atoms with Crippen molar-refractivity contribution in [3.8, 4) is 0 Å². The zero-order chi connectivity index (χ0) is 11.8. The highest BCUT2D eigenvalue weighted by molar-refractivity contribution is 7.80. The Kier molecular flexibility index (Phi) is 3.40. The Labute approximate surface area is 104 Å². The molecule has 1 atom stereocenters. The molecule has 0 aromatic carbocycles. The minimum atomic E-state index is -0.0339. The highest BCUT2D eigenvalue weighted by Crippen LogP contribution is 2.34. The van der Waals surface area contributed by atoms with Gasteiger partial charge in [-0.05, 0) is 38.9 Å². The van der Waals surface area contributed by atoms with Crippen molar-refractivity contribution in [2.75, 3.05) is 7.11 Å². The smallest absolute Gasteiger partial charge is 0.171 e. The van der Waals surface area contributed by atoms with Gasteiger partial charge in [0.2, 0.25) is 0 Å². The summed E-state index contributed by atoms with van der Waals surface area (Å²) in [4.78, 5) is 2.37. The largest absolute Gasteiger partial charge is 0.359 e. The molecule has 0 aromatic heterocycles. The van der Waals surface area contributed by atoms with Crippen LogP contribution in [0.5, 0.6) is 0 Å². The van der Waals surface area contributed by atoms with Gasteiger partial charge in [0.1, 0.15) is 0 Å². The van der Waals surface area contributed by atoms with Gasteiger partial charge in [-0.3, -0.25) is 0 Å². The van der Waals surface area contributed by atoms with Crippen LogP contribution < -0.4 is 5.32 Å². The van der Waals surface area contributed by atoms with Crippen LogP contribution in [0.1, 0.15) is 46.0 Å². The van der Waals surface area contributed by atoms with E-state index in [0.29, 0.717) is 6.04 Å². The number of ether oxygens (including phenoxy) is 1. The second-order valence-electron chi connectivity index (χ2n) is 5.38. The van der Waals surface area contributed by atoms with Gasteiger partial charge in [0.15, 0.2) is 11.3 Å². The van der Waals surface area contributed by atoms with Crippen LogP contribution in [0, 0.1) is 0 Å². The maximum absolute atomic E-state index is 5.48. The molecule has 2 rings (SSSR count). The van der Waals surface area contributed by atoms with E-state index in [9.17, 15) is 0 Å². The number of hydrogen-bond donors (Lipinski definition) is 1. The monoisotopic (exact) mass is 242 g/mol. The van der Waals surface area contributed by atoms with Crippen molar-refractivity contribution >= 4 is 17.3 Å². The van der Waals surface area contributed by atoms with E-state index >= 15 is 0 Å². The lowest BCUT2D eigenvalue weighted by molar-refractivity contribution is -0.00257. The van der Waals surface area contributed by atoms with Gasteiger partial charge in [-0.2, -0.15) is 0 Å². The molecule has 2 aliphatic rings. The van der Waals surface area contributed by atoms with Gasteiger partial charge in [-0.25, -0.2) is 0 Å². The average molecular weight is 242 g/mol. The molecule has 0 spiro atoms. The Balaban J connectivity index is 2.15. The first-order valence-corrected chi connectivity index (χ1v) is 6.61. The molecule has 0 amide bonds. The number of nitrogens with one attached hydrogen (secondary N) is 1. The molecule has 1 saturated carbocycles. The van der Waals surface area contributed by atoms with Crippen LogP contribution in [0.15, 0.2) is 0 Å². The fourth-order valence-corrected chi connectivity index (χ4v) is 3.56. The van der Waals surface area contributed by atoms with E-state index < -0.39 is 0 Å². The molecule has 2 fully saturated rings. The van der Waals surface area contributed by atoms with Crippen molar-refractivity contribution in [3.05, 3.63) is 0 Å².